The first-order valence-corrected chi connectivity index (χ1v) is 7.62. The van der Waals surface area contributed by atoms with Crippen molar-refractivity contribution in [3.05, 3.63) is 58.0 Å². The molecule has 0 saturated heterocycles. The van der Waals surface area contributed by atoms with Gasteiger partial charge in [-0.15, -0.1) is 0 Å². The molecule has 0 radical (unpaired) electrons. The van der Waals surface area contributed by atoms with Gasteiger partial charge in [-0.2, -0.15) is 23.3 Å². The Labute approximate surface area is 148 Å². The van der Waals surface area contributed by atoms with E-state index in [1.165, 1.54) is 27.6 Å². The van der Waals surface area contributed by atoms with Crippen LogP contribution in [0.3, 0.4) is 0 Å². The molecule has 2 aromatic heterocycles. The fourth-order valence-electron chi connectivity index (χ4n) is 2.97. The molecule has 0 atom stereocenters. The Morgan fingerprint density at radius 3 is 2.78 bits per heavy atom. The lowest BCUT2D eigenvalue weighted by atomic mass is 10.1. The molecule has 8 nitrogen and oxygen atoms in total. The fourth-order valence-corrected chi connectivity index (χ4v) is 2.97. The summed E-state index contributed by atoms with van der Waals surface area (Å²) in [5.41, 5.74) is -0.647. The Morgan fingerprint density at radius 1 is 1.30 bits per heavy atom. The Kier molecular flexibility index (Phi) is 3.54. The number of anilines is 1. The lowest BCUT2D eigenvalue weighted by Crippen LogP contribution is -2.24. The summed E-state index contributed by atoms with van der Waals surface area (Å²) in [5.74, 6) is -0.193. The third-order valence-electron chi connectivity index (χ3n) is 4.09. The first kappa shape index (κ1) is 16.8. The van der Waals surface area contributed by atoms with Gasteiger partial charge in [0.15, 0.2) is 5.65 Å². The van der Waals surface area contributed by atoms with E-state index in [0.29, 0.717) is 5.70 Å². The zero-order valence-corrected chi connectivity index (χ0v) is 13.4. The normalized spacial score (nSPS) is 13.5. The van der Waals surface area contributed by atoms with Crippen LogP contribution < -0.4 is 10.9 Å². The average Bonchev–Trinajstić information content (AvgIpc) is 3.04. The first-order valence-electron chi connectivity index (χ1n) is 7.62. The molecule has 2 N–H and O–H groups in total. The number of hydrogen-bond donors (Lipinski definition) is 2. The summed E-state index contributed by atoms with van der Waals surface area (Å²) in [5, 5.41) is 15.2. The molecular weight excluding hydrogens is 367 g/mol. The smallest absolute Gasteiger partial charge is 0.416 e. The van der Waals surface area contributed by atoms with Gasteiger partial charge in [-0.05, 0) is 18.2 Å². The van der Waals surface area contributed by atoms with Crippen molar-refractivity contribution in [2.24, 2.45) is 0 Å². The quantitative estimate of drug-likeness (QED) is 0.715. The molecule has 0 bridgehead atoms. The molecular formula is C16H10F3N5O3. The Morgan fingerprint density at radius 2 is 2.07 bits per heavy atom. The monoisotopic (exact) mass is 377 g/mol. The number of halogens is 3. The van der Waals surface area contributed by atoms with E-state index in [4.69, 9.17) is 5.11 Å². The van der Waals surface area contributed by atoms with Crippen LogP contribution in [0.25, 0.3) is 16.7 Å². The second kappa shape index (κ2) is 5.69. The maximum absolute atomic E-state index is 13.0. The third-order valence-corrected chi connectivity index (χ3v) is 4.09. The van der Waals surface area contributed by atoms with Crippen LogP contribution in [-0.4, -0.2) is 30.5 Å². The summed E-state index contributed by atoms with van der Waals surface area (Å²) in [4.78, 5) is 26.8. The second-order valence-electron chi connectivity index (χ2n) is 5.74. The van der Waals surface area contributed by atoms with Crippen molar-refractivity contribution in [2.45, 2.75) is 12.7 Å². The Balaban J connectivity index is 1.90. The van der Waals surface area contributed by atoms with Gasteiger partial charge >= 0.3 is 12.3 Å². The van der Waals surface area contributed by atoms with Gasteiger partial charge in [0, 0.05) is 12.1 Å². The zero-order chi connectivity index (χ0) is 19.3. The number of benzene rings is 1. The van der Waals surface area contributed by atoms with Gasteiger partial charge in [-0.25, -0.2) is 9.48 Å². The number of carboxylic acid groups (broad SMARTS) is 1. The molecule has 0 fully saturated rings. The number of nitrogens with one attached hydrogen (secondary N) is 1. The van der Waals surface area contributed by atoms with E-state index in [9.17, 15) is 22.8 Å². The minimum Gasteiger partial charge on any atom is -0.465 e. The SMILES string of the molecule is O=C(O)Nc1nc(=O)c2cnn3c2n1CC=C3c1cccc(C(F)(F)F)c1. The molecule has 0 unspecified atom stereocenters. The van der Waals surface area contributed by atoms with Crippen LogP contribution in [-0.2, 0) is 12.7 Å². The second-order valence-corrected chi connectivity index (χ2v) is 5.74. The van der Waals surface area contributed by atoms with E-state index in [0.717, 1.165) is 12.1 Å². The van der Waals surface area contributed by atoms with Crippen LogP contribution in [0, 0.1) is 0 Å². The molecule has 1 aliphatic heterocycles. The van der Waals surface area contributed by atoms with Crippen molar-refractivity contribution >= 4 is 28.8 Å². The minimum atomic E-state index is -4.50. The Hall–Kier alpha value is -3.63. The van der Waals surface area contributed by atoms with Crippen LogP contribution in [0.5, 0.6) is 0 Å². The van der Waals surface area contributed by atoms with Gasteiger partial charge in [0.25, 0.3) is 5.56 Å². The van der Waals surface area contributed by atoms with Crippen molar-refractivity contribution in [3.63, 3.8) is 0 Å². The predicted octanol–water partition coefficient (Wildman–Crippen LogP) is 2.60. The summed E-state index contributed by atoms with van der Waals surface area (Å²) in [6.07, 6.45) is -3.07. The summed E-state index contributed by atoms with van der Waals surface area (Å²) in [6.45, 7) is 0.0939. The van der Waals surface area contributed by atoms with Crippen LogP contribution in [0.2, 0.25) is 0 Å². The molecule has 1 aromatic carbocycles. The predicted molar refractivity (Wildman–Crippen MR) is 88.3 cm³/mol. The molecule has 1 amide bonds. The molecule has 0 spiro atoms. The number of hydrogen-bond acceptors (Lipinski definition) is 4. The maximum Gasteiger partial charge on any atom is 0.416 e. The van der Waals surface area contributed by atoms with Crippen LogP contribution in [0.15, 0.2) is 41.3 Å². The van der Waals surface area contributed by atoms with Gasteiger partial charge in [-0.3, -0.25) is 14.7 Å². The topological polar surface area (TPSA) is 102 Å². The van der Waals surface area contributed by atoms with Crippen LogP contribution in [0.1, 0.15) is 11.1 Å². The number of amides is 1. The number of aromatic nitrogens is 4. The van der Waals surface area contributed by atoms with E-state index in [1.54, 1.807) is 6.08 Å². The highest BCUT2D eigenvalue weighted by Crippen LogP contribution is 2.33. The van der Waals surface area contributed by atoms with Crippen LogP contribution in [0.4, 0.5) is 23.9 Å². The number of nitrogens with zero attached hydrogens (tertiary/aromatic N) is 4. The van der Waals surface area contributed by atoms with Gasteiger partial charge in [0.2, 0.25) is 5.95 Å². The molecule has 3 heterocycles. The lowest BCUT2D eigenvalue weighted by molar-refractivity contribution is -0.137. The van der Waals surface area contributed by atoms with Crippen molar-refractivity contribution in [2.75, 3.05) is 5.32 Å². The fraction of sp³-hybridized carbons (Fsp3) is 0.125. The van der Waals surface area contributed by atoms with E-state index in [-0.39, 0.29) is 29.1 Å². The first-order chi connectivity index (χ1) is 12.8. The summed E-state index contributed by atoms with van der Waals surface area (Å²) in [6, 6.07) is 4.73. The highest BCUT2D eigenvalue weighted by atomic mass is 19.4. The summed E-state index contributed by atoms with van der Waals surface area (Å²) in [7, 11) is 0. The van der Waals surface area contributed by atoms with Gasteiger partial charge < -0.3 is 5.11 Å². The van der Waals surface area contributed by atoms with E-state index < -0.39 is 23.4 Å². The molecule has 3 aromatic rings. The lowest BCUT2D eigenvalue weighted by Gasteiger charge is -2.21. The van der Waals surface area contributed by atoms with E-state index in [2.05, 4.69) is 10.1 Å². The van der Waals surface area contributed by atoms with Crippen molar-refractivity contribution in [1.29, 1.82) is 0 Å². The van der Waals surface area contributed by atoms with Crippen molar-refractivity contribution in [1.82, 2.24) is 19.3 Å². The molecule has 4 rings (SSSR count). The van der Waals surface area contributed by atoms with Gasteiger partial charge in [0.05, 0.1) is 17.5 Å². The largest absolute Gasteiger partial charge is 0.465 e. The van der Waals surface area contributed by atoms with Crippen molar-refractivity contribution < 1.29 is 23.1 Å². The van der Waals surface area contributed by atoms with E-state index >= 15 is 0 Å². The molecule has 138 valence electrons. The molecule has 1 aliphatic rings. The number of alkyl halides is 3. The number of allylic oxidation sites excluding steroid dienone is 1. The molecule has 0 aliphatic carbocycles. The summed E-state index contributed by atoms with van der Waals surface area (Å²) < 4.78 is 41.7. The molecule has 11 heteroatoms. The van der Waals surface area contributed by atoms with Crippen molar-refractivity contribution in [3.8, 4) is 0 Å². The summed E-state index contributed by atoms with van der Waals surface area (Å²) >= 11 is 0. The standard InChI is InChI=1S/C16H10F3N5O3/c17-16(18,19)9-3-1-2-8(6-9)11-4-5-23-13-10(7-20-24(11)13)12(25)21-14(23)22-15(26)27/h1-4,6-7H,5H2,(H,26,27)(H,21,22,25). The number of carbonyl (C=O) groups is 1. The van der Waals surface area contributed by atoms with E-state index in [1.807, 2.05) is 5.32 Å². The third kappa shape index (κ3) is 2.72. The zero-order valence-electron chi connectivity index (χ0n) is 13.4. The average molecular weight is 377 g/mol. The Bertz CT molecular complexity index is 1180. The van der Waals surface area contributed by atoms with Crippen LogP contribution >= 0.6 is 0 Å². The highest BCUT2D eigenvalue weighted by molar-refractivity contribution is 5.86. The number of rotatable bonds is 2. The maximum atomic E-state index is 13.0. The van der Waals surface area contributed by atoms with Gasteiger partial charge in [-0.1, -0.05) is 12.1 Å². The van der Waals surface area contributed by atoms with Gasteiger partial charge in [0.1, 0.15) is 5.39 Å². The highest BCUT2D eigenvalue weighted by Gasteiger charge is 2.31. The minimum absolute atomic E-state index is 0.0939. The molecule has 27 heavy (non-hydrogen) atoms. The molecule has 0 saturated carbocycles.